The molecular formula is C11H17NO2. The van der Waals surface area contributed by atoms with Gasteiger partial charge in [0, 0.05) is 18.0 Å². The van der Waals surface area contributed by atoms with Crippen LogP contribution in [0.4, 0.5) is 0 Å². The minimum atomic E-state index is -0.0946. The van der Waals surface area contributed by atoms with Gasteiger partial charge in [0.15, 0.2) is 0 Å². The Morgan fingerprint density at radius 3 is 2.71 bits per heavy atom. The molecule has 14 heavy (non-hydrogen) atoms. The molecule has 0 aromatic rings. The van der Waals surface area contributed by atoms with Crippen LogP contribution in [0.1, 0.15) is 19.8 Å². The molecule has 0 atom stereocenters. The lowest BCUT2D eigenvalue weighted by Crippen LogP contribution is -2.30. The molecule has 1 aliphatic rings. The first kappa shape index (κ1) is 11.0. The predicted octanol–water partition coefficient (Wildman–Crippen LogP) is 1.01. The Kier molecular flexibility index (Phi) is 3.89. The summed E-state index contributed by atoms with van der Waals surface area (Å²) in [6.07, 6.45) is 8.89. The second kappa shape index (κ2) is 4.96. The van der Waals surface area contributed by atoms with Crippen molar-refractivity contribution in [1.82, 2.24) is 5.32 Å². The number of nitrogens with one attached hydrogen (secondary N) is 1. The van der Waals surface area contributed by atoms with Gasteiger partial charge in [-0.2, -0.15) is 0 Å². The largest absolute Gasteiger partial charge is 0.396 e. The SMILES string of the molecule is C/C=C/C=CC(=O)NCC1(CO)CC1. The van der Waals surface area contributed by atoms with Gasteiger partial charge in [-0.25, -0.2) is 0 Å². The fourth-order valence-corrected chi connectivity index (χ4v) is 1.16. The van der Waals surface area contributed by atoms with E-state index in [1.807, 2.05) is 13.0 Å². The van der Waals surface area contributed by atoms with Crippen molar-refractivity contribution in [3.05, 3.63) is 24.3 Å². The Labute approximate surface area is 84.5 Å². The van der Waals surface area contributed by atoms with E-state index in [-0.39, 0.29) is 17.9 Å². The average molecular weight is 195 g/mol. The summed E-state index contributed by atoms with van der Waals surface area (Å²) in [5, 5.41) is 11.8. The van der Waals surface area contributed by atoms with Gasteiger partial charge < -0.3 is 10.4 Å². The summed E-state index contributed by atoms with van der Waals surface area (Å²) in [5.74, 6) is -0.0946. The highest BCUT2D eigenvalue weighted by Crippen LogP contribution is 2.44. The van der Waals surface area contributed by atoms with Gasteiger partial charge in [0.25, 0.3) is 0 Å². The van der Waals surface area contributed by atoms with Crippen LogP contribution < -0.4 is 5.32 Å². The van der Waals surface area contributed by atoms with E-state index in [1.165, 1.54) is 6.08 Å². The number of allylic oxidation sites excluding steroid dienone is 3. The van der Waals surface area contributed by atoms with Crippen molar-refractivity contribution >= 4 is 5.91 Å². The highest BCUT2D eigenvalue weighted by molar-refractivity contribution is 5.87. The maximum absolute atomic E-state index is 11.2. The first-order valence-corrected chi connectivity index (χ1v) is 4.90. The minimum Gasteiger partial charge on any atom is -0.396 e. The third-order valence-electron chi connectivity index (χ3n) is 2.48. The van der Waals surface area contributed by atoms with E-state index in [1.54, 1.807) is 12.2 Å². The van der Waals surface area contributed by atoms with Gasteiger partial charge in [-0.3, -0.25) is 4.79 Å². The van der Waals surface area contributed by atoms with E-state index >= 15 is 0 Å². The number of aliphatic hydroxyl groups is 1. The molecule has 0 unspecified atom stereocenters. The Hall–Kier alpha value is -1.09. The van der Waals surface area contributed by atoms with Crippen molar-refractivity contribution in [1.29, 1.82) is 0 Å². The van der Waals surface area contributed by atoms with Crippen LogP contribution in [0, 0.1) is 5.41 Å². The average Bonchev–Trinajstić information content (AvgIpc) is 2.96. The topological polar surface area (TPSA) is 49.3 Å². The molecule has 3 heteroatoms. The maximum Gasteiger partial charge on any atom is 0.243 e. The van der Waals surface area contributed by atoms with Crippen LogP contribution in [0.15, 0.2) is 24.3 Å². The molecule has 0 heterocycles. The summed E-state index contributed by atoms with van der Waals surface area (Å²) in [4.78, 5) is 11.2. The monoisotopic (exact) mass is 195 g/mol. The maximum atomic E-state index is 11.2. The van der Waals surface area contributed by atoms with Crippen LogP contribution in [0.5, 0.6) is 0 Å². The highest BCUT2D eigenvalue weighted by atomic mass is 16.3. The molecular weight excluding hydrogens is 178 g/mol. The second-order valence-corrected chi connectivity index (χ2v) is 3.76. The second-order valence-electron chi connectivity index (χ2n) is 3.76. The van der Waals surface area contributed by atoms with Gasteiger partial charge in [0.1, 0.15) is 0 Å². The van der Waals surface area contributed by atoms with Gasteiger partial charge in [-0.1, -0.05) is 18.2 Å². The van der Waals surface area contributed by atoms with Crippen LogP contribution in [0.3, 0.4) is 0 Å². The van der Waals surface area contributed by atoms with Crippen LogP contribution in [0.2, 0.25) is 0 Å². The van der Waals surface area contributed by atoms with E-state index in [0.29, 0.717) is 6.54 Å². The van der Waals surface area contributed by atoms with E-state index in [0.717, 1.165) is 12.8 Å². The molecule has 0 aromatic carbocycles. The Morgan fingerprint density at radius 2 is 2.21 bits per heavy atom. The Morgan fingerprint density at radius 1 is 1.50 bits per heavy atom. The van der Waals surface area contributed by atoms with Gasteiger partial charge in [0.2, 0.25) is 5.91 Å². The third-order valence-corrected chi connectivity index (χ3v) is 2.48. The number of carbonyl (C=O) groups excluding carboxylic acids is 1. The fourth-order valence-electron chi connectivity index (χ4n) is 1.16. The van der Waals surface area contributed by atoms with Crippen LogP contribution in [0.25, 0.3) is 0 Å². The number of hydrogen-bond donors (Lipinski definition) is 2. The number of carbonyl (C=O) groups is 1. The molecule has 1 rings (SSSR count). The summed E-state index contributed by atoms with van der Waals surface area (Å²) < 4.78 is 0. The molecule has 1 aliphatic carbocycles. The van der Waals surface area contributed by atoms with Gasteiger partial charge in [-0.15, -0.1) is 0 Å². The molecule has 1 fully saturated rings. The molecule has 1 amide bonds. The lowest BCUT2D eigenvalue weighted by molar-refractivity contribution is -0.116. The highest BCUT2D eigenvalue weighted by Gasteiger charge is 2.41. The Balaban J connectivity index is 2.21. The zero-order chi connectivity index (χ0) is 10.4. The molecule has 3 nitrogen and oxygen atoms in total. The first-order chi connectivity index (χ1) is 6.72. The number of aliphatic hydroxyl groups excluding tert-OH is 1. The van der Waals surface area contributed by atoms with Gasteiger partial charge in [0.05, 0.1) is 6.61 Å². The molecule has 0 aliphatic heterocycles. The number of rotatable bonds is 5. The summed E-state index contributed by atoms with van der Waals surface area (Å²) in [7, 11) is 0. The fraction of sp³-hybridized carbons (Fsp3) is 0.545. The summed E-state index contributed by atoms with van der Waals surface area (Å²) in [6, 6.07) is 0. The van der Waals surface area contributed by atoms with E-state index in [2.05, 4.69) is 5.32 Å². The van der Waals surface area contributed by atoms with Crippen molar-refractivity contribution in [2.45, 2.75) is 19.8 Å². The zero-order valence-electron chi connectivity index (χ0n) is 8.49. The standard InChI is InChI=1S/C11H17NO2/c1-2-3-4-5-10(14)12-8-11(9-13)6-7-11/h2-5,13H,6-9H2,1H3,(H,12,14)/b3-2+,5-4?. The van der Waals surface area contributed by atoms with Crippen molar-refractivity contribution in [2.75, 3.05) is 13.2 Å². The molecule has 0 radical (unpaired) electrons. The molecule has 0 aromatic heterocycles. The molecule has 78 valence electrons. The van der Waals surface area contributed by atoms with Crippen molar-refractivity contribution in [3.63, 3.8) is 0 Å². The third kappa shape index (κ3) is 3.34. The molecule has 0 saturated heterocycles. The predicted molar refractivity (Wildman–Crippen MR) is 55.7 cm³/mol. The molecule has 0 spiro atoms. The molecule has 0 bridgehead atoms. The summed E-state index contributed by atoms with van der Waals surface area (Å²) >= 11 is 0. The van der Waals surface area contributed by atoms with Crippen LogP contribution in [-0.2, 0) is 4.79 Å². The Bertz CT molecular complexity index is 252. The molecule has 2 N–H and O–H groups in total. The first-order valence-electron chi connectivity index (χ1n) is 4.90. The number of amides is 1. The van der Waals surface area contributed by atoms with Crippen molar-refractivity contribution < 1.29 is 9.90 Å². The van der Waals surface area contributed by atoms with Crippen LogP contribution >= 0.6 is 0 Å². The van der Waals surface area contributed by atoms with Crippen molar-refractivity contribution in [2.24, 2.45) is 5.41 Å². The van der Waals surface area contributed by atoms with E-state index < -0.39 is 0 Å². The zero-order valence-corrected chi connectivity index (χ0v) is 8.49. The van der Waals surface area contributed by atoms with Crippen LogP contribution in [-0.4, -0.2) is 24.2 Å². The summed E-state index contributed by atoms with van der Waals surface area (Å²) in [5.41, 5.74) is -0.00983. The van der Waals surface area contributed by atoms with E-state index in [9.17, 15) is 4.79 Å². The molecule has 1 saturated carbocycles. The summed E-state index contributed by atoms with van der Waals surface area (Å²) in [6.45, 7) is 2.65. The van der Waals surface area contributed by atoms with Crippen molar-refractivity contribution in [3.8, 4) is 0 Å². The lowest BCUT2D eigenvalue weighted by atomic mass is 10.1. The van der Waals surface area contributed by atoms with E-state index in [4.69, 9.17) is 5.11 Å². The smallest absolute Gasteiger partial charge is 0.243 e. The quantitative estimate of drug-likeness (QED) is 0.508. The normalized spacial score (nSPS) is 19.0. The lowest BCUT2D eigenvalue weighted by Gasteiger charge is -2.10. The minimum absolute atomic E-state index is 0.00983. The van der Waals surface area contributed by atoms with Gasteiger partial charge in [-0.05, 0) is 19.8 Å². The number of hydrogen-bond acceptors (Lipinski definition) is 2. The van der Waals surface area contributed by atoms with Gasteiger partial charge >= 0.3 is 0 Å².